The standard InChI is InChI=1S/C15H16N4OS2/c1-3-11-14(22-9(2)18-11)15(20)16-7-10-8-17-19-13(10)12-5-4-6-21-12/h4-6,8H,3,7H2,1-2H3,(H,16,20)(H,17,19). The summed E-state index contributed by atoms with van der Waals surface area (Å²) in [6.45, 7) is 4.38. The van der Waals surface area contributed by atoms with E-state index in [1.807, 2.05) is 31.4 Å². The van der Waals surface area contributed by atoms with Crippen LogP contribution in [0.25, 0.3) is 10.6 Å². The van der Waals surface area contributed by atoms with Crippen LogP contribution in [0.1, 0.15) is 32.9 Å². The van der Waals surface area contributed by atoms with Crippen molar-refractivity contribution >= 4 is 28.6 Å². The number of hydrogen-bond acceptors (Lipinski definition) is 5. The molecule has 0 radical (unpaired) electrons. The number of thiophene rings is 1. The van der Waals surface area contributed by atoms with Gasteiger partial charge in [-0.2, -0.15) is 5.10 Å². The number of carbonyl (C=O) groups is 1. The van der Waals surface area contributed by atoms with Gasteiger partial charge in [-0.15, -0.1) is 22.7 Å². The summed E-state index contributed by atoms with van der Waals surface area (Å²) in [5.41, 5.74) is 2.81. The van der Waals surface area contributed by atoms with Crippen LogP contribution in [0.4, 0.5) is 0 Å². The van der Waals surface area contributed by atoms with Crippen molar-refractivity contribution in [2.45, 2.75) is 26.8 Å². The highest BCUT2D eigenvalue weighted by Gasteiger charge is 2.16. The van der Waals surface area contributed by atoms with Crippen molar-refractivity contribution in [1.82, 2.24) is 20.5 Å². The molecule has 1 amide bonds. The average Bonchev–Trinajstić information content (AvgIpc) is 3.23. The number of H-pyrrole nitrogens is 1. The Morgan fingerprint density at radius 3 is 3.05 bits per heavy atom. The Hall–Kier alpha value is -1.99. The van der Waals surface area contributed by atoms with E-state index >= 15 is 0 Å². The summed E-state index contributed by atoms with van der Waals surface area (Å²) >= 11 is 3.08. The summed E-state index contributed by atoms with van der Waals surface area (Å²) in [4.78, 5) is 18.6. The Morgan fingerprint density at radius 1 is 1.45 bits per heavy atom. The lowest BCUT2D eigenvalue weighted by molar-refractivity contribution is 0.0954. The van der Waals surface area contributed by atoms with Crippen LogP contribution in [0.2, 0.25) is 0 Å². The van der Waals surface area contributed by atoms with Gasteiger partial charge >= 0.3 is 0 Å². The number of hydrogen-bond donors (Lipinski definition) is 2. The maximum Gasteiger partial charge on any atom is 0.263 e. The molecule has 3 aromatic rings. The van der Waals surface area contributed by atoms with E-state index in [4.69, 9.17) is 0 Å². The zero-order valence-corrected chi connectivity index (χ0v) is 14.0. The molecule has 0 unspecified atom stereocenters. The van der Waals surface area contributed by atoms with E-state index in [0.717, 1.165) is 33.3 Å². The van der Waals surface area contributed by atoms with Gasteiger partial charge in [-0.05, 0) is 24.8 Å². The number of thiazole rings is 1. The average molecular weight is 332 g/mol. The smallest absolute Gasteiger partial charge is 0.263 e. The van der Waals surface area contributed by atoms with Gasteiger partial charge in [-0.25, -0.2) is 4.98 Å². The summed E-state index contributed by atoms with van der Waals surface area (Å²) < 4.78 is 0. The van der Waals surface area contributed by atoms with E-state index < -0.39 is 0 Å². The fraction of sp³-hybridized carbons (Fsp3) is 0.267. The number of nitrogens with zero attached hydrogens (tertiary/aromatic N) is 2. The number of nitrogens with one attached hydrogen (secondary N) is 2. The molecule has 0 aromatic carbocycles. The molecule has 3 aromatic heterocycles. The topological polar surface area (TPSA) is 70.7 Å². The van der Waals surface area contributed by atoms with Crippen LogP contribution in [0.5, 0.6) is 0 Å². The van der Waals surface area contributed by atoms with Crippen molar-refractivity contribution in [3.05, 3.63) is 44.9 Å². The quantitative estimate of drug-likeness (QED) is 0.752. The molecule has 0 aliphatic rings. The third-order valence-electron chi connectivity index (χ3n) is 3.27. The Bertz CT molecular complexity index is 773. The van der Waals surface area contributed by atoms with Gasteiger partial charge in [-0.3, -0.25) is 9.89 Å². The lowest BCUT2D eigenvalue weighted by Gasteiger charge is -2.04. The van der Waals surface area contributed by atoms with Gasteiger partial charge in [0.15, 0.2) is 0 Å². The molecule has 0 saturated carbocycles. The van der Waals surface area contributed by atoms with E-state index in [9.17, 15) is 4.79 Å². The lowest BCUT2D eigenvalue weighted by atomic mass is 10.2. The fourth-order valence-electron chi connectivity index (χ4n) is 2.22. The van der Waals surface area contributed by atoms with E-state index in [1.165, 1.54) is 11.3 Å². The van der Waals surface area contributed by atoms with Crippen molar-refractivity contribution in [3.63, 3.8) is 0 Å². The third kappa shape index (κ3) is 2.95. The summed E-state index contributed by atoms with van der Waals surface area (Å²) in [6, 6.07) is 4.03. The first-order valence-corrected chi connectivity index (χ1v) is 8.69. The number of rotatable bonds is 5. The predicted molar refractivity (Wildman–Crippen MR) is 89.3 cm³/mol. The largest absolute Gasteiger partial charge is 0.347 e. The van der Waals surface area contributed by atoms with Crippen molar-refractivity contribution in [3.8, 4) is 10.6 Å². The molecule has 3 heterocycles. The van der Waals surface area contributed by atoms with Crippen LogP contribution in [-0.4, -0.2) is 21.1 Å². The summed E-state index contributed by atoms with van der Waals surface area (Å²) in [5.74, 6) is -0.0687. The molecule has 5 nitrogen and oxygen atoms in total. The highest BCUT2D eigenvalue weighted by atomic mass is 32.1. The van der Waals surface area contributed by atoms with Crippen LogP contribution in [0.15, 0.2) is 23.7 Å². The lowest BCUT2D eigenvalue weighted by Crippen LogP contribution is -2.23. The molecule has 114 valence electrons. The molecule has 0 aliphatic heterocycles. The van der Waals surface area contributed by atoms with Gasteiger partial charge in [0.1, 0.15) is 4.88 Å². The second kappa shape index (κ2) is 6.41. The molecule has 3 rings (SSSR count). The first-order chi connectivity index (χ1) is 10.7. The normalized spacial score (nSPS) is 10.8. The van der Waals surface area contributed by atoms with E-state index in [1.54, 1.807) is 17.5 Å². The zero-order chi connectivity index (χ0) is 15.5. The van der Waals surface area contributed by atoms with E-state index in [2.05, 4.69) is 20.5 Å². The number of carbonyl (C=O) groups excluding carboxylic acids is 1. The molecule has 2 N–H and O–H groups in total. The summed E-state index contributed by atoms with van der Waals surface area (Å²) in [5, 5.41) is 13.0. The Morgan fingerprint density at radius 2 is 2.32 bits per heavy atom. The minimum Gasteiger partial charge on any atom is -0.347 e. The summed E-state index contributed by atoms with van der Waals surface area (Å²) in [6.07, 6.45) is 2.52. The minimum atomic E-state index is -0.0687. The highest BCUT2D eigenvalue weighted by molar-refractivity contribution is 7.14. The first-order valence-electron chi connectivity index (χ1n) is 6.99. The predicted octanol–water partition coefficient (Wildman–Crippen LogP) is 3.40. The van der Waals surface area contributed by atoms with Crippen molar-refractivity contribution in [1.29, 1.82) is 0 Å². The van der Waals surface area contributed by atoms with Crippen LogP contribution >= 0.6 is 22.7 Å². The van der Waals surface area contributed by atoms with Crippen LogP contribution < -0.4 is 5.32 Å². The molecule has 0 saturated heterocycles. The van der Waals surface area contributed by atoms with Crippen molar-refractivity contribution in [2.24, 2.45) is 0 Å². The highest BCUT2D eigenvalue weighted by Crippen LogP contribution is 2.26. The second-order valence-electron chi connectivity index (χ2n) is 4.79. The molecular weight excluding hydrogens is 316 g/mol. The van der Waals surface area contributed by atoms with E-state index in [0.29, 0.717) is 11.4 Å². The first kappa shape index (κ1) is 14.9. The number of amides is 1. The molecular formula is C15H16N4OS2. The Balaban J connectivity index is 1.73. The molecule has 22 heavy (non-hydrogen) atoms. The molecule has 0 aliphatic carbocycles. The molecule has 7 heteroatoms. The SMILES string of the molecule is CCc1nc(C)sc1C(=O)NCc1cn[nH]c1-c1cccs1. The molecule has 0 fully saturated rings. The maximum atomic E-state index is 12.4. The van der Waals surface area contributed by atoms with Crippen molar-refractivity contribution in [2.75, 3.05) is 0 Å². The second-order valence-corrected chi connectivity index (χ2v) is 6.94. The van der Waals surface area contributed by atoms with Gasteiger partial charge in [0.05, 0.1) is 27.5 Å². The van der Waals surface area contributed by atoms with Gasteiger partial charge in [-0.1, -0.05) is 13.0 Å². The number of aromatic nitrogens is 3. The molecule has 0 bridgehead atoms. The van der Waals surface area contributed by atoms with Gasteiger partial charge in [0.2, 0.25) is 0 Å². The summed E-state index contributed by atoms with van der Waals surface area (Å²) in [7, 11) is 0. The zero-order valence-electron chi connectivity index (χ0n) is 12.3. The van der Waals surface area contributed by atoms with E-state index in [-0.39, 0.29) is 5.91 Å². The van der Waals surface area contributed by atoms with Crippen molar-refractivity contribution < 1.29 is 4.79 Å². The molecule has 0 spiro atoms. The van der Waals surface area contributed by atoms with Gasteiger partial charge in [0.25, 0.3) is 5.91 Å². The van der Waals surface area contributed by atoms with Crippen LogP contribution in [0, 0.1) is 6.92 Å². The monoisotopic (exact) mass is 332 g/mol. The van der Waals surface area contributed by atoms with Gasteiger partial charge < -0.3 is 5.32 Å². The van der Waals surface area contributed by atoms with Crippen LogP contribution in [-0.2, 0) is 13.0 Å². The Kier molecular flexibility index (Phi) is 4.35. The van der Waals surface area contributed by atoms with Gasteiger partial charge in [0, 0.05) is 12.1 Å². The Labute approximate surface area is 136 Å². The number of aromatic amines is 1. The maximum absolute atomic E-state index is 12.4. The molecule has 0 atom stereocenters. The number of aryl methyl sites for hydroxylation is 2. The fourth-order valence-corrected chi connectivity index (χ4v) is 3.90. The van der Waals surface area contributed by atoms with Crippen LogP contribution in [0.3, 0.4) is 0 Å². The minimum absolute atomic E-state index is 0.0687. The third-order valence-corrected chi connectivity index (χ3v) is 5.17.